The topological polar surface area (TPSA) is 55.2 Å². The van der Waals surface area contributed by atoms with Crippen LogP contribution < -0.4 is 0 Å². The number of hydrogen-bond donors (Lipinski definition) is 0. The molecule has 0 aliphatic heterocycles. The lowest BCUT2D eigenvalue weighted by atomic mass is 10.3. The number of aryl methyl sites for hydroxylation is 2. The summed E-state index contributed by atoms with van der Waals surface area (Å²) in [5.74, 6) is 0. The molecule has 0 aliphatic rings. The molecule has 0 saturated carbocycles. The summed E-state index contributed by atoms with van der Waals surface area (Å²) < 4.78 is 28.0. The average Bonchev–Trinajstić information content (AvgIpc) is 2.70. The second-order valence-corrected chi connectivity index (χ2v) is 7.52. The Kier molecular flexibility index (Phi) is 4.63. The van der Waals surface area contributed by atoms with Crippen molar-refractivity contribution in [3.8, 4) is 0 Å². The Labute approximate surface area is 134 Å². The van der Waals surface area contributed by atoms with Gasteiger partial charge in [-0.15, -0.1) is 0 Å². The van der Waals surface area contributed by atoms with Gasteiger partial charge < -0.3 is 0 Å². The summed E-state index contributed by atoms with van der Waals surface area (Å²) in [6.07, 6.45) is 1.79. The SMILES string of the molecule is Cc1nn(C)cc1CN(C)S(=O)(=O)c1cccc(Cl)c1Cl. The van der Waals surface area contributed by atoms with Crippen LogP contribution in [0, 0.1) is 6.92 Å². The maximum absolute atomic E-state index is 12.6. The van der Waals surface area contributed by atoms with E-state index in [1.807, 2.05) is 6.92 Å². The Morgan fingerprint density at radius 2 is 2.00 bits per heavy atom. The molecule has 0 amide bonds. The molecule has 8 heteroatoms. The zero-order valence-corrected chi connectivity index (χ0v) is 14.2. The van der Waals surface area contributed by atoms with Crippen LogP contribution in [0.15, 0.2) is 29.3 Å². The van der Waals surface area contributed by atoms with E-state index in [-0.39, 0.29) is 21.5 Å². The highest BCUT2D eigenvalue weighted by atomic mass is 35.5. The van der Waals surface area contributed by atoms with Crippen LogP contribution in [0.5, 0.6) is 0 Å². The molecule has 0 aliphatic carbocycles. The van der Waals surface area contributed by atoms with E-state index in [9.17, 15) is 8.42 Å². The first-order valence-corrected chi connectivity index (χ1v) is 8.32. The third-order valence-corrected chi connectivity index (χ3v) is 5.89. The van der Waals surface area contributed by atoms with Crippen molar-refractivity contribution in [2.24, 2.45) is 7.05 Å². The lowest BCUT2D eigenvalue weighted by Gasteiger charge is -2.18. The molecule has 114 valence electrons. The molecule has 0 spiro atoms. The smallest absolute Gasteiger partial charge is 0.244 e. The highest BCUT2D eigenvalue weighted by molar-refractivity contribution is 7.89. The van der Waals surface area contributed by atoms with E-state index in [1.165, 1.54) is 17.4 Å². The number of halogens is 2. The minimum absolute atomic E-state index is 0.000657. The molecule has 2 rings (SSSR count). The van der Waals surface area contributed by atoms with Gasteiger partial charge in [0, 0.05) is 32.4 Å². The number of benzene rings is 1. The fourth-order valence-corrected chi connectivity index (χ4v) is 3.86. The monoisotopic (exact) mass is 347 g/mol. The third kappa shape index (κ3) is 3.23. The normalized spacial score (nSPS) is 12.1. The molecule has 21 heavy (non-hydrogen) atoms. The van der Waals surface area contributed by atoms with Crippen molar-refractivity contribution in [3.05, 3.63) is 45.7 Å². The number of aromatic nitrogens is 2. The number of sulfonamides is 1. The van der Waals surface area contributed by atoms with Gasteiger partial charge in [0.05, 0.1) is 15.7 Å². The van der Waals surface area contributed by atoms with Gasteiger partial charge in [-0.05, 0) is 19.1 Å². The Hall–Kier alpha value is -1.08. The molecule has 0 bridgehead atoms. The average molecular weight is 348 g/mol. The Bertz CT molecular complexity index is 772. The summed E-state index contributed by atoms with van der Waals surface area (Å²) in [6.45, 7) is 2.05. The van der Waals surface area contributed by atoms with E-state index in [0.29, 0.717) is 0 Å². The van der Waals surface area contributed by atoms with Crippen molar-refractivity contribution in [3.63, 3.8) is 0 Å². The van der Waals surface area contributed by atoms with E-state index in [4.69, 9.17) is 23.2 Å². The van der Waals surface area contributed by atoms with Crippen molar-refractivity contribution < 1.29 is 8.42 Å². The largest absolute Gasteiger partial charge is 0.275 e. The summed E-state index contributed by atoms with van der Waals surface area (Å²) in [5, 5.41) is 4.45. The van der Waals surface area contributed by atoms with Gasteiger partial charge in [0.15, 0.2) is 0 Å². The van der Waals surface area contributed by atoms with E-state index in [1.54, 1.807) is 30.1 Å². The van der Waals surface area contributed by atoms with Crippen LogP contribution in [-0.4, -0.2) is 29.6 Å². The van der Waals surface area contributed by atoms with Crippen molar-refractivity contribution in [2.75, 3.05) is 7.05 Å². The van der Waals surface area contributed by atoms with Crippen molar-refractivity contribution in [1.29, 1.82) is 0 Å². The van der Waals surface area contributed by atoms with E-state index < -0.39 is 10.0 Å². The Balaban J connectivity index is 2.35. The first kappa shape index (κ1) is 16.3. The van der Waals surface area contributed by atoms with Gasteiger partial charge in [0.2, 0.25) is 10.0 Å². The molecule has 2 aromatic rings. The number of rotatable bonds is 4. The maximum atomic E-state index is 12.6. The van der Waals surface area contributed by atoms with E-state index in [0.717, 1.165) is 11.3 Å². The van der Waals surface area contributed by atoms with Crippen molar-refractivity contribution >= 4 is 33.2 Å². The van der Waals surface area contributed by atoms with Gasteiger partial charge in [-0.2, -0.15) is 9.40 Å². The molecule has 0 atom stereocenters. The molecule has 5 nitrogen and oxygen atoms in total. The predicted octanol–water partition coefficient (Wildman–Crippen LogP) is 2.86. The fraction of sp³-hybridized carbons (Fsp3) is 0.308. The zero-order valence-electron chi connectivity index (χ0n) is 11.8. The summed E-state index contributed by atoms with van der Waals surface area (Å²) in [4.78, 5) is 0.000657. The summed E-state index contributed by atoms with van der Waals surface area (Å²) in [7, 11) is -0.428. The summed E-state index contributed by atoms with van der Waals surface area (Å²) in [5.41, 5.74) is 1.62. The molecular weight excluding hydrogens is 333 g/mol. The van der Waals surface area contributed by atoms with Gasteiger partial charge in [0.1, 0.15) is 4.90 Å². The molecule has 1 aromatic heterocycles. The standard InChI is InChI=1S/C13H15Cl2N3O2S/c1-9-10(7-17(2)16-9)8-18(3)21(19,20)12-6-4-5-11(14)13(12)15/h4-7H,8H2,1-3H3. The molecular formula is C13H15Cl2N3O2S. The first-order chi connectivity index (χ1) is 9.73. The van der Waals surface area contributed by atoms with Crippen molar-refractivity contribution in [1.82, 2.24) is 14.1 Å². The van der Waals surface area contributed by atoms with Crippen LogP contribution in [0.25, 0.3) is 0 Å². The van der Waals surface area contributed by atoms with Gasteiger partial charge in [-0.1, -0.05) is 29.3 Å². The quantitative estimate of drug-likeness (QED) is 0.854. The highest BCUT2D eigenvalue weighted by Crippen LogP contribution is 2.31. The molecule has 0 fully saturated rings. The number of nitrogens with zero attached hydrogens (tertiary/aromatic N) is 3. The van der Waals surface area contributed by atoms with Crippen LogP contribution in [-0.2, 0) is 23.6 Å². The lowest BCUT2D eigenvalue weighted by Crippen LogP contribution is -2.27. The van der Waals surface area contributed by atoms with E-state index >= 15 is 0 Å². The molecule has 1 heterocycles. The number of hydrogen-bond acceptors (Lipinski definition) is 3. The van der Waals surface area contributed by atoms with Crippen LogP contribution in [0.3, 0.4) is 0 Å². The third-order valence-electron chi connectivity index (χ3n) is 3.11. The zero-order chi connectivity index (χ0) is 15.8. The molecule has 0 radical (unpaired) electrons. The second kappa shape index (κ2) is 5.96. The predicted molar refractivity (Wildman–Crippen MR) is 83.1 cm³/mol. The second-order valence-electron chi connectivity index (χ2n) is 4.73. The first-order valence-electron chi connectivity index (χ1n) is 6.13. The minimum atomic E-state index is -3.72. The lowest BCUT2D eigenvalue weighted by molar-refractivity contribution is 0.466. The van der Waals surface area contributed by atoms with Crippen molar-refractivity contribution in [2.45, 2.75) is 18.4 Å². The summed E-state index contributed by atoms with van der Waals surface area (Å²) >= 11 is 11.9. The molecule has 0 N–H and O–H groups in total. The molecule has 0 unspecified atom stereocenters. The molecule has 1 aromatic carbocycles. The van der Waals surface area contributed by atoms with Gasteiger partial charge in [-0.25, -0.2) is 8.42 Å². The van der Waals surface area contributed by atoms with Crippen LogP contribution >= 0.6 is 23.2 Å². The maximum Gasteiger partial charge on any atom is 0.244 e. The molecule has 0 saturated heterocycles. The summed E-state index contributed by atoms with van der Waals surface area (Å²) in [6, 6.07) is 4.55. The van der Waals surface area contributed by atoms with Crippen LogP contribution in [0.1, 0.15) is 11.3 Å². The van der Waals surface area contributed by atoms with Gasteiger partial charge in [-0.3, -0.25) is 4.68 Å². The highest BCUT2D eigenvalue weighted by Gasteiger charge is 2.25. The Morgan fingerprint density at radius 3 is 2.57 bits per heavy atom. The van der Waals surface area contributed by atoms with Gasteiger partial charge >= 0.3 is 0 Å². The van der Waals surface area contributed by atoms with E-state index in [2.05, 4.69) is 5.10 Å². The minimum Gasteiger partial charge on any atom is -0.275 e. The fourth-order valence-electron chi connectivity index (χ4n) is 1.98. The van der Waals surface area contributed by atoms with Crippen LogP contribution in [0.4, 0.5) is 0 Å². The van der Waals surface area contributed by atoms with Crippen LogP contribution in [0.2, 0.25) is 10.0 Å². The Morgan fingerprint density at radius 1 is 1.33 bits per heavy atom. The van der Waals surface area contributed by atoms with Gasteiger partial charge in [0.25, 0.3) is 0 Å².